The predicted octanol–water partition coefficient (Wildman–Crippen LogP) is 3.17. The largest absolute Gasteiger partial charge is 0.340 e. The van der Waals surface area contributed by atoms with Gasteiger partial charge >= 0.3 is 0 Å². The summed E-state index contributed by atoms with van der Waals surface area (Å²) in [5.41, 5.74) is 2.43. The van der Waals surface area contributed by atoms with E-state index in [9.17, 15) is 9.59 Å². The molecule has 4 heteroatoms. The minimum Gasteiger partial charge on any atom is -0.340 e. The summed E-state index contributed by atoms with van der Waals surface area (Å²) in [6, 6.07) is 6.84. The summed E-state index contributed by atoms with van der Waals surface area (Å²) in [4.78, 5) is 27.0. The first-order chi connectivity index (χ1) is 10.8. The first-order valence-electron chi connectivity index (χ1n) is 8.07. The predicted molar refractivity (Wildman–Crippen MR) is 94.3 cm³/mol. The number of amides is 2. The van der Waals surface area contributed by atoms with Crippen molar-refractivity contribution in [1.29, 1.82) is 0 Å². The number of hydrogen-bond acceptors (Lipinski definition) is 2. The molecule has 1 unspecified atom stereocenters. The van der Waals surface area contributed by atoms with Gasteiger partial charge in [-0.25, -0.2) is 0 Å². The minimum atomic E-state index is -0.540. The van der Waals surface area contributed by atoms with Crippen LogP contribution in [-0.4, -0.2) is 35.8 Å². The lowest BCUT2D eigenvalue weighted by Gasteiger charge is -2.29. The third kappa shape index (κ3) is 5.23. The molecule has 0 aliphatic rings. The Morgan fingerprint density at radius 3 is 2.35 bits per heavy atom. The Hall–Kier alpha value is -2.10. The molecule has 1 aromatic rings. The molecule has 0 bridgehead atoms. The number of benzene rings is 1. The van der Waals surface area contributed by atoms with Crippen molar-refractivity contribution in [2.24, 2.45) is 5.92 Å². The second-order valence-electron chi connectivity index (χ2n) is 6.32. The summed E-state index contributed by atoms with van der Waals surface area (Å²) < 4.78 is 0. The lowest BCUT2D eigenvalue weighted by atomic mass is 10.0. The van der Waals surface area contributed by atoms with Crippen molar-refractivity contribution < 1.29 is 9.59 Å². The lowest BCUT2D eigenvalue weighted by molar-refractivity contribution is -0.133. The highest BCUT2D eigenvalue weighted by Gasteiger charge is 2.28. The summed E-state index contributed by atoms with van der Waals surface area (Å²) in [6.07, 6.45) is 0. The molecular weight excluding hydrogens is 288 g/mol. The van der Waals surface area contributed by atoms with Crippen molar-refractivity contribution in [2.45, 2.75) is 40.7 Å². The molecule has 1 atom stereocenters. The van der Waals surface area contributed by atoms with Gasteiger partial charge in [0, 0.05) is 18.7 Å². The smallest absolute Gasteiger partial charge is 0.252 e. The van der Waals surface area contributed by atoms with E-state index in [0.29, 0.717) is 18.7 Å². The first-order valence-corrected chi connectivity index (χ1v) is 8.07. The highest BCUT2D eigenvalue weighted by atomic mass is 16.2. The summed E-state index contributed by atoms with van der Waals surface area (Å²) in [6.45, 7) is 14.6. The second-order valence-corrected chi connectivity index (χ2v) is 6.32. The van der Waals surface area contributed by atoms with Gasteiger partial charge < -0.3 is 10.2 Å². The van der Waals surface area contributed by atoms with Gasteiger partial charge in [-0.15, -0.1) is 0 Å². The molecular formula is C19H28N2O2. The zero-order chi connectivity index (χ0) is 17.6. The van der Waals surface area contributed by atoms with Crippen LogP contribution in [0.2, 0.25) is 0 Å². The van der Waals surface area contributed by atoms with E-state index in [4.69, 9.17) is 0 Å². The third-order valence-electron chi connectivity index (χ3n) is 3.76. The van der Waals surface area contributed by atoms with Crippen molar-refractivity contribution in [2.75, 3.05) is 13.1 Å². The van der Waals surface area contributed by atoms with E-state index in [1.165, 1.54) is 0 Å². The van der Waals surface area contributed by atoms with Gasteiger partial charge in [0.15, 0.2) is 0 Å². The van der Waals surface area contributed by atoms with Crippen LogP contribution in [-0.2, 0) is 4.79 Å². The zero-order valence-electron chi connectivity index (χ0n) is 14.8. The Balaban J connectivity index is 2.94. The normalized spacial score (nSPS) is 11.9. The number of hydrogen-bond donors (Lipinski definition) is 1. The van der Waals surface area contributed by atoms with E-state index in [0.717, 1.165) is 11.1 Å². The number of carbonyl (C=O) groups excluding carboxylic acids is 2. The van der Waals surface area contributed by atoms with Gasteiger partial charge in [0.1, 0.15) is 6.04 Å². The highest BCUT2D eigenvalue weighted by Crippen LogP contribution is 2.12. The van der Waals surface area contributed by atoms with Crippen LogP contribution in [0, 0.1) is 12.8 Å². The Kier molecular flexibility index (Phi) is 7.01. The Morgan fingerprint density at radius 1 is 1.26 bits per heavy atom. The number of aryl methyl sites for hydroxylation is 1. The number of carbonyl (C=O) groups is 2. The van der Waals surface area contributed by atoms with Gasteiger partial charge in [-0.2, -0.15) is 0 Å². The maximum atomic E-state index is 12.8. The average Bonchev–Trinajstić information content (AvgIpc) is 2.49. The van der Waals surface area contributed by atoms with Gasteiger partial charge in [0.05, 0.1) is 0 Å². The monoisotopic (exact) mass is 316 g/mol. The van der Waals surface area contributed by atoms with Gasteiger partial charge in [-0.3, -0.25) is 9.59 Å². The molecule has 2 amide bonds. The van der Waals surface area contributed by atoms with Crippen molar-refractivity contribution in [1.82, 2.24) is 10.2 Å². The van der Waals surface area contributed by atoms with Crippen molar-refractivity contribution >= 4 is 11.8 Å². The van der Waals surface area contributed by atoms with Crippen LogP contribution in [0.5, 0.6) is 0 Å². The van der Waals surface area contributed by atoms with Gasteiger partial charge in [0.25, 0.3) is 5.91 Å². The number of likely N-dealkylation sites (N-methyl/N-ethyl adjacent to an activating group) is 1. The van der Waals surface area contributed by atoms with E-state index < -0.39 is 6.04 Å². The quantitative estimate of drug-likeness (QED) is 0.786. The molecule has 0 spiro atoms. The molecule has 1 rings (SSSR count). The van der Waals surface area contributed by atoms with Crippen molar-refractivity contribution in [3.63, 3.8) is 0 Å². The van der Waals surface area contributed by atoms with Gasteiger partial charge in [-0.1, -0.05) is 44.2 Å². The molecule has 1 N–H and O–H groups in total. The SMILES string of the molecule is C=C(C)CN(CC)C(=O)C(NC(=O)c1ccccc1C)C(C)C. The zero-order valence-corrected chi connectivity index (χ0v) is 14.8. The van der Waals surface area contributed by atoms with Crippen LogP contribution in [0.25, 0.3) is 0 Å². The average molecular weight is 316 g/mol. The molecule has 0 saturated carbocycles. The topological polar surface area (TPSA) is 49.4 Å². The number of nitrogens with one attached hydrogen (secondary N) is 1. The molecule has 0 aliphatic carbocycles. The van der Waals surface area contributed by atoms with Crippen LogP contribution in [0.15, 0.2) is 36.4 Å². The molecule has 23 heavy (non-hydrogen) atoms. The van der Waals surface area contributed by atoms with E-state index in [2.05, 4.69) is 11.9 Å². The van der Waals surface area contributed by atoms with Gasteiger partial charge in [-0.05, 0) is 38.3 Å². The maximum absolute atomic E-state index is 12.8. The van der Waals surface area contributed by atoms with E-state index in [-0.39, 0.29) is 17.7 Å². The fraction of sp³-hybridized carbons (Fsp3) is 0.474. The Bertz CT molecular complexity index is 578. The molecule has 0 heterocycles. The number of nitrogens with zero attached hydrogens (tertiary/aromatic N) is 1. The summed E-state index contributed by atoms with van der Waals surface area (Å²) in [5.74, 6) is -0.261. The highest BCUT2D eigenvalue weighted by molar-refractivity contribution is 5.98. The number of rotatable bonds is 7. The van der Waals surface area contributed by atoms with Crippen LogP contribution in [0.1, 0.15) is 43.6 Å². The van der Waals surface area contributed by atoms with Crippen LogP contribution in [0.3, 0.4) is 0 Å². The molecule has 0 aromatic heterocycles. The molecule has 0 saturated heterocycles. The van der Waals surface area contributed by atoms with Crippen LogP contribution in [0.4, 0.5) is 0 Å². The van der Waals surface area contributed by atoms with E-state index in [1.54, 1.807) is 11.0 Å². The molecule has 1 aromatic carbocycles. The van der Waals surface area contributed by atoms with Gasteiger partial charge in [0.2, 0.25) is 5.91 Å². The summed E-state index contributed by atoms with van der Waals surface area (Å²) in [5, 5.41) is 2.90. The summed E-state index contributed by atoms with van der Waals surface area (Å²) >= 11 is 0. The molecule has 0 radical (unpaired) electrons. The van der Waals surface area contributed by atoms with E-state index >= 15 is 0 Å². The third-order valence-corrected chi connectivity index (χ3v) is 3.76. The fourth-order valence-electron chi connectivity index (χ4n) is 2.43. The second kappa shape index (κ2) is 8.51. The van der Waals surface area contributed by atoms with Crippen LogP contribution >= 0.6 is 0 Å². The Labute approximate surface area is 139 Å². The van der Waals surface area contributed by atoms with E-state index in [1.807, 2.05) is 52.8 Å². The molecule has 4 nitrogen and oxygen atoms in total. The van der Waals surface area contributed by atoms with Crippen molar-refractivity contribution in [3.8, 4) is 0 Å². The molecule has 126 valence electrons. The summed E-state index contributed by atoms with van der Waals surface area (Å²) in [7, 11) is 0. The standard InChI is InChI=1S/C19H28N2O2/c1-7-21(12-13(2)3)19(23)17(14(4)5)20-18(22)16-11-9-8-10-15(16)6/h8-11,14,17H,2,7,12H2,1,3-6H3,(H,20,22). The van der Waals surface area contributed by atoms with Crippen molar-refractivity contribution in [3.05, 3.63) is 47.5 Å². The fourth-order valence-corrected chi connectivity index (χ4v) is 2.43. The Morgan fingerprint density at radius 2 is 1.87 bits per heavy atom. The maximum Gasteiger partial charge on any atom is 0.252 e. The lowest BCUT2D eigenvalue weighted by Crippen LogP contribution is -2.51. The molecule has 0 aliphatic heterocycles. The minimum absolute atomic E-state index is 0.00893. The first kappa shape index (κ1) is 18.9. The molecule has 0 fully saturated rings. The van der Waals surface area contributed by atoms with Crippen LogP contribution < -0.4 is 5.32 Å².